The minimum atomic E-state index is -0.576. The molecule has 2 N–H and O–H groups in total. The summed E-state index contributed by atoms with van der Waals surface area (Å²) < 4.78 is 26.2. The van der Waals surface area contributed by atoms with Crippen molar-refractivity contribution in [1.82, 2.24) is 0 Å². The van der Waals surface area contributed by atoms with Crippen molar-refractivity contribution in [3.8, 4) is 17.2 Å². The standard InChI is InChI=1S/C13H17NO6/c1-16-3-4-18-9-7-8(14)10(13(15)17-2)12-11(9)19-5-6-20-12/h7H,3-6,14H2,1-2H3. The lowest BCUT2D eigenvalue weighted by molar-refractivity contribution is 0.0591. The van der Waals surface area contributed by atoms with Crippen LogP contribution in [0.1, 0.15) is 10.4 Å². The molecule has 2 rings (SSSR count). The normalized spacial score (nSPS) is 12.9. The van der Waals surface area contributed by atoms with Crippen LogP contribution >= 0.6 is 0 Å². The Morgan fingerprint density at radius 1 is 1.25 bits per heavy atom. The van der Waals surface area contributed by atoms with Gasteiger partial charge in [-0.3, -0.25) is 0 Å². The Bertz CT molecular complexity index is 502. The van der Waals surface area contributed by atoms with Crippen LogP contribution in [0.15, 0.2) is 6.07 Å². The number of esters is 1. The van der Waals surface area contributed by atoms with Gasteiger partial charge in [0.15, 0.2) is 11.5 Å². The molecule has 7 heteroatoms. The molecule has 0 bridgehead atoms. The number of hydrogen-bond donors (Lipinski definition) is 1. The quantitative estimate of drug-likeness (QED) is 0.487. The summed E-state index contributed by atoms with van der Waals surface area (Å²) in [6, 6.07) is 1.52. The van der Waals surface area contributed by atoms with Gasteiger partial charge in [0.1, 0.15) is 25.4 Å². The fourth-order valence-corrected chi connectivity index (χ4v) is 1.85. The van der Waals surface area contributed by atoms with Gasteiger partial charge in [-0.05, 0) is 0 Å². The van der Waals surface area contributed by atoms with E-state index in [4.69, 9.17) is 29.4 Å². The summed E-state index contributed by atoms with van der Waals surface area (Å²) in [6.07, 6.45) is 0. The number of methoxy groups -OCH3 is 2. The number of carbonyl (C=O) groups excluding carboxylic acids is 1. The Morgan fingerprint density at radius 2 is 1.95 bits per heavy atom. The molecule has 0 aliphatic carbocycles. The van der Waals surface area contributed by atoms with Gasteiger partial charge in [-0.15, -0.1) is 0 Å². The van der Waals surface area contributed by atoms with Gasteiger partial charge < -0.3 is 29.4 Å². The highest BCUT2D eigenvalue weighted by Crippen LogP contribution is 2.45. The van der Waals surface area contributed by atoms with Crippen molar-refractivity contribution in [2.75, 3.05) is 46.4 Å². The van der Waals surface area contributed by atoms with Crippen LogP contribution in [0.25, 0.3) is 0 Å². The fourth-order valence-electron chi connectivity index (χ4n) is 1.85. The topological polar surface area (TPSA) is 89.2 Å². The Labute approximate surface area is 116 Å². The van der Waals surface area contributed by atoms with E-state index in [0.29, 0.717) is 37.9 Å². The van der Waals surface area contributed by atoms with Crippen molar-refractivity contribution in [3.63, 3.8) is 0 Å². The van der Waals surface area contributed by atoms with Crippen LogP contribution in [0.5, 0.6) is 17.2 Å². The molecule has 1 aromatic rings. The molecule has 0 aromatic heterocycles. The van der Waals surface area contributed by atoms with Gasteiger partial charge in [0.05, 0.1) is 19.4 Å². The third-order valence-electron chi connectivity index (χ3n) is 2.74. The molecule has 0 radical (unpaired) electrons. The van der Waals surface area contributed by atoms with Crippen molar-refractivity contribution >= 4 is 11.7 Å². The molecule has 1 aromatic carbocycles. The molecule has 7 nitrogen and oxygen atoms in total. The average Bonchev–Trinajstić information content (AvgIpc) is 2.47. The van der Waals surface area contributed by atoms with Gasteiger partial charge in [0, 0.05) is 13.2 Å². The molecule has 0 spiro atoms. The second-order valence-corrected chi connectivity index (χ2v) is 4.03. The maximum atomic E-state index is 11.8. The van der Waals surface area contributed by atoms with E-state index in [-0.39, 0.29) is 17.0 Å². The number of rotatable bonds is 5. The van der Waals surface area contributed by atoms with Crippen molar-refractivity contribution in [3.05, 3.63) is 11.6 Å². The smallest absolute Gasteiger partial charge is 0.343 e. The van der Waals surface area contributed by atoms with Crippen molar-refractivity contribution in [1.29, 1.82) is 0 Å². The van der Waals surface area contributed by atoms with E-state index in [2.05, 4.69) is 0 Å². The summed E-state index contributed by atoms with van der Waals surface area (Å²) in [5.74, 6) is 0.465. The summed E-state index contributed by atoms with van der Waals surface area (Å²) in [7, 11) is 2.86. The van der Waals surface area contributed by atoms with Crippen molar-refractivity contribution < 1.29 is 28.5 Å². The second-order valence-electron chi connectivity index (χ2n) is 4.03. The van der Waals surface area contributed by atoms with E-state index in [1.165, 1.54) is 13.2 Å². The summed E-state index contributed by atoms with van der Waals surface area (Å²) >= 11 is 0. The van der Waals surface area contributed by atoms with Gasteiger partial charge in [-0.25, -0.2) is 4.79 Å². The molecule has 1 aliphatic heterocycles. The monoisotopic (exact) mass is 283 g/mol. The first-order valence-corrected chi connectivity index (χ1v) is 6.11. The number of benzene rings is 1. The number of nitrogens with two attached hydrogens (primary N) is 1. The lowest BCUT2D eigenvalue weighted by atomic mass is 10.1. The molecular formula is C13H17NO6. The van der Waals surface area contributed by atoms with E-state index in [9.17, 15) is 4.79 Å². The zero-order valence-corrected chi connectivity index (χ0v) is 11.4. The lowest BCUT2D eigenvalue weighted by Gasteiger charge is -2.23. The van der Waals surface area contributed by atoms with E-state index in [1.54, 1.807) is 7.11 Å². The predicted octanol–water partition coefficient (Wildman–Crippen LogP) is 0.852. The van der Waals surface area contributed by atoms with Crippen LogP contribution in [-0.4, -0.2) is 46.6 Å². The highest BCUT2D eigenvalue weighted by atomic mass is 16.6. The molecular weight excluding hydrogens is 266 g/mol. The molecule has 0 unspecified atom stereocenters. The zero-order chi connectivity index (χ0) is 14.5. The molecule has 20 heavy (non-hydrogen) atoms. The van der Waals surface area contributed by atoms with Crippen LogP contribution in [0.3, 0.4) is 0 Å². The Hall–Kier alpha value is -2.15. The van der Waals surface area contributed by atoms with Gasteiger partial charge in [-0.2, -0.15) is 0 Å². The van der Waals surface area contributed by atoms with Crippen LogP contribution in [0, 0.1) is 0 Å². The lowest BCUT2D eigenvalue weighted by Crippen LogP contribution is -2.20. The third-order valence-corrected chi connectivity index (χ3v) is 2.74. The predicted molar refractivity (Wildman–Crippen MR) is 70.6 cm³/mol. The third kappa shape index (κ3) is 2.72. The number of carbonyl (C=O) groups is 1. The highest BCUT2D eigenvalue weighted by molar-refractivity contribution is 6.00. The first kappa shape index (κ1) is 14.3. The van der Waals surface area contributed by atoms with Crippen LogP contribution in [0.2, 0.25) is 0 Å². The zero-order valence-electron chi connectivity index (χ0n) is 11.4. The molecule has 0 fully saturated rings. The molecule has 0 saturated heterocycles. The van der Waals surface area contributed by atoms with E-state index in [0.717, 1.165) is 0 Å². The van der Waals surface area contributed by atoms with Crippen LogP contribution < -0.4 is 19.9 Å². The summed E-state index contributed by atoms with van der Waals surface area (Å²) in [5.41, 5.74) is 6.25. The number of fused-ring (bicyclic) bond motifs is 1. The van der Waals surface area contributed by atoms with Gasteiger partial charge in [0.2, 0.25) is 5.75 Å². The maximum absolute atomic E-state index is 11.8. The fraction of sp³-hybridized carbons (Fsp3) is 0.462. The number of hydrogen-bond acceptors (Lipinski definition) is 7. The largest absolute Gasteiger partial charge is 0.487 e. The van der Waals surface area contributed by atoms with E-state index in [1.807, 2.05) is 0 Å². The van der Waals surface area contributed by atoms with Crippen LogP contribution in [0.4, 0.5) is 5.69 Å². The van der Waals surface area contributed by atoms with Gasteiger partial charge in [0.25, 0.3) is 0 Å². The Morgan fingerprint density at radius 3 is 2.60 bits per heavy atom. The van der Waals surface area contributed by atoms with Gasteiger partial charge in [-0.1, -0.05) is 0 Å². The minimum absolute atomic E-state index is 0.154. The Kier molecular flexibility index (Phi) is 4.52. The highest BCUT2D eigenvalue weighted by Gasteiger charge is 2.28. The second kappa shape index (κ2) is 6.33. The molecule has 0 atom stereocenters. The summed E-state index contributed by atoms with van der Waals surface area (Å²) in [6.45, 7) is 1.47. The first-order chi connectivity index (χ1) is 9.69. The summed E-state index contributed by atoms with van der Waals surface area (Å²) in [5, 5.41) is 0. The number of ether oxygens (including phenoxy) is 5. The Balaban J connectivity index is 2.40. The summed E-state index contributed by atoms with van der Waals surface area (Å²) in [4.78, 5) is 11.8. The van der Waals surface area contributed by atoms with Gasteiger partial charge >= 0.3 is 5.97 Å². The maximum Gasteiger partial charge on any atom is 0.343 e. The first-order valence-electron chi connectivity index (χ1n) is 6.11. The van der Waals surface area contributed by atoms with E-state index >= 15 is 0 Å². The van der Waals surface area contributed by atoms with Crippen molar-refractivity contribution in [2.45, 2.75) is 0 Å². The molecule has 0 amide bonds. The molecule has 0 saturated carbocycles. The molecule has 1 aliphatic rings. The average molecular weight is 283 g/mol. The number of anilines is 1. The van der Waals surface area contributed by atoms with Crippen molar-refractivity contribution in [2.24, 2.45) is 0 Å². The number of nitrogen functional groups attached to an aromatic ring is 1. The SMILES string of the molecule is COCCOc1cc(N)c(C(=O)OC)c2c1OCCO2. The van der Waals surface area contributed by atoms with E-state index < -0.39 is 5.97 Å². The minimum Gasteiger partial charge on any atom is -0.487 e. The van der Waals surface area contributed by atoms with Crippen LogP contribution in [-0.2, 0) is 9.47 Å². The molecule has 110 valence electrons. The molecule has 1 heterocycles.